The smallest absolute Gasteiger partial charge is 0.278 e. The van der Waals surface area contributed by atoms with Gasteiger partial charge in [0.15, 0.2) is 6.04 Å². The monoisotopic (exact) mass is 466 g/mol. The number of carboxylic acids is 1. The number of carboxylic acid groups (broad SMARTS) is 1. The topological polar surface area (TPSA) is 204 Å². The van der Waals surface area contributed by atoms with E-state index in [2.05, 4.69) is 18.0 Å². The number of aliphatic hydroxyl groups is 4. The van der Waals surface area contributed by atoms with E-state index in [1.807, 2.05) is 5.32 Å². The molecule has 0 spiro atoms. The molecule has 2 rings (SSSR count). The van der Waals surface area contributed by atoms with E-state index in [0.717, 1.165) is 31.1 Å². The Morgan fingerprint density at radius 2 is 1.97 bits per heavy atom. The molecule has 0 aromatic heterocycles. The first-order valence-electron chi connectivity index (χ1n) is 10.7. The van der Waals surface area contributed by atoms with Gasteiger partial charge in [0.2, 0.25) is 0 Å². The van der Waals surface area contributed by atoms with Crippen LogP contribution in [0.1, 0.15) is 33.1 Å². The molecule has 0 aromatic rings. The summed E-state index contributed by atoms with van der Waals surface area (Å²) in [6, 6.07) is -2.42. The Morgan fingerprint density at radius 3 is 2.55 bits per heavy atom. The second-order valence-electron chi connectivity index (χ2n) is 8.53. The van der Waals surface area contributed by atoms with Crippen LogP contribution in [0.2, 0.25) is 0 Å². The lowest BCUT2D eigenvalue weighted by Crippen LogP contribution is -2.90. The summed E-state index contributed by atoms with van der Waals surface area (Å²) in [5.41, 5.74) is 2.35. The van der Waals surface area contributed by atoms with Crippen LogP contribution in [0.3, 0.4) is 0 Å². The van der Waals surface area contributed by atoms with Gasteiger partial charge in [-0.25, -0.2) is 0 Å². The Bertz CT molecular complexity index is 613. The molecule has 0 aromatic carbocycles. The number of rotatable bonds is 10. The van der Waals surface area contributed by atoms with E-state index in [-0.39, 0.29) is 17.7 Å². The van der Waals surface area contributed by atoms with Crippen LogP contribution in [0.4, 0.5) is 0 Å². The normalized spacial score (nSPS) is 36.5. The third-order valence-corrected chi connectivity index (χ3v) is 7.27. The molecule has 0 bridgehead atoms. The molecule has 2 aliphatic rings. The van der Waals surface area contributed by atoms with Crippen molar-refractivity contribution in [3.8, 4) is 0 Å². The van der Waals surface area contributed by atoms with Crippen LogP contribution < -0.4 is 21.5 Å². The first-order valence-corrected chi connectivity index (χ1v) is 11.8. The number of aliphatic hydroxyl groups excluding tert-OH is 4. The molecule has 12 heteroatoms. The van der Waals surface area contributed by atoms with E-state index in [1.54, 1.807) is 0 Å². The van der Waals surface area contributed by atoms with Crippen molar-refractivity contribution in [2.24, 2.45) is 5.92 Å². The van der Waals surface area contributed by atoms with Crippen LogP contribution in [0.15, 0.2) is 0 Å². The summed E-state index contributed by atoms with van der Waals surface area (Å²) in [6.45, 7) is 4.37. The summed E-state index contributed by atoms with van der Waals surface area (Å²) in [5, 5.41) is 56.9. The molecule has 10 N–H and O–H groups in total. The first kappa shape index (κ1) is 26.3. The van der Waals surface area contributed by atoms with E-state index < -0.39 is 54.0 Å². The van der Waals surface area contributed by atoms with Crippen LogP contribution >= 0.6 is 11.8 Å². The van der Waals surface area contributed by atoms with Crippen molar-refractivity contribution in [1.29, 1.82) is 0 Å². The SMILES string of the molecule is CCC[C@H]1C[NH2+][C@H](C(=O)N[C@@H]([C@H]2O[C@H](SC[C@H]([NH3+])C(=O)[O-])[C@H](O)[C@@H](O)[C@H]2O)[C@@H](C)O)C1. The van der Waals surface area contributed by atoms with E-state index >= 15 is 0 Å². The molecular formula is C19H36N3O8S+. The number of carbonyl (C=O) groups excluding carboxylic acids is 2. The van der Waals surface area contributed by atoms with Gasteiger partial charge in [0.1, 0.15) is 35.9 Å². The van der Waals surface area contributed by atoms with Gasteiger partial charge in [0.05, 0.1) is 30.4 Å². The first-order chi connectivity index (χ1) is 14.6. The molecule has 11 nitrogen and oxygen atoms in total. The van der Waals surface area contributed by atoms with Crippen LogP contribution in [0.25, 0.3) is 0 Å². The number of aliphatic carboxylic acids is 1. The average molecular weight is 467 g/mol. The number of carbonyl (C=O) groups is 2. The zero-order valence-electron chi connectivity index (χ0n) is 17.9. The van der Waals surface area contributed by atoms with Gasteiger partial charge in [-0.15, -0.1) is 11.8 Å². The molecule has 0 saturated carbocycles. The van der Waals surface area contributed by atoms with E-state index in [0.29, 0.717) is 12.3 Å². The highest BCUT2D eigenvalue weighted by molar-refractivity contribution is 7.99. The third-order valence-electron chi connectivity index (χ3n) is 5.96. The maximum Gasteiger partial charge on any atom is 0.278 e. The Hall–Kier alpha value is -0.990. The molecule has 0 radical (unpaired) electrons. The van der Waals surface area contributed by atoms with Gasteiger partial charge >= 0.3 is 0 Å². The van der Waals surface area contributed by atoms with Gasteiger partial charge < -0.3 is 51.4 Å². The Morgan fingerprint density at radius 1 is 1.29 bits per heavy atom. The average Bonchev–Trinajstić information content (AvgIpc) is 3.18. The number of nitrogens with two attached hydrogens (primary N) is 1. The van der Waals surface area contributed by atoms with Gasteiger partial charge in [-0.3, -0.25) is 4.79 Å². The molecule has 2 fully saturated rings. The van der Waals surface area contributed by atoms with Crippen LogP contribution in [0, 0.1) is 5.92 Å². The maximum atomic E-state index is 12.8. The number of ether oxygens (including phenoxy) is 1. The Kier molecular flexibility index (Phi) is 9.96. The molecule has 2 aliphatic heterocycles. The predicted molar refractivity (Wildman–Crippen MR) is 108 cm³/mol. The van der Waals surface area contributed by atoms with Gasteiger partial charge in [-0.2, -0.15) is 0 Å². The number of hydrogen-bond donors (Lipinski definition) is 7. The minimum Gasteiger partial charge on any atom is -0.544 e. The van der Waals surface area contributed by atoms with Crippen molar-refractivity contribution in [2.45, 2.75) is 87.2 Å². The zero-order chi connectivity index (χ0) is 23.3. The summed E-state index contributed by atoms with van der Waals surface area (Å²) >= 11 is 0.903. The molecule has 2 saturated heterocycles. The van der Waals surface area contributed by atoms with Crippen molar-refractivity contribution in [1.82, 2.24) is 5.32 Å². The van der Waals surface area contributed by atoms with Gasteiger partial charge in [-0.05, 0) is 13.3 Å². The summed E-state index contributed by atoms with van der Waals surface area (Å²) in [5.74, 6) is -1.27. The molecule has 0 unspecified atom stereocenters. The molecule has 10 atom stereocenters. The number of quaternary nitrogens is 2. The lowest BCUT2D eigenvalue weighted by Gasteiger charge is -2.44. The minimum atomic E-state index is -1.60. The fourth-order valence-electron chi connectivity index (χ4n) is 4.10. The second kappa shape index (κ2) is 11.8. The lowest BCUT2D eigenvalue weighted by atomic mass is 9.92. The van der Waals surface area contributed by atoms with Crippen molar-refractivity contribution in [3.63, 3.8) is 0 Å². The van der Waals surface area contributed by atoms with Crippen molar-refractivity contribution in [2.75, 3.05) is 12.3 Å². The van der Waals surface area contributed by atoms with Gasteiger partial charge in [-0.1, -0.05) is 13.3 Å². The summed E-state index contributed by atoms with van der Waals surface area (Å²) in [7, 11) is 0. The minimum absolute atomic E-state index is 0.0544. The van der Waals surface area contributed by atoms with Crippen molar-refractivity contribution >= 4 is 23.6 Å². The fourth-order valence-corrected chi connectivity index (χ4v) is 5.23. The molecular weight excluding hydrogens is 430 g/mol. The summed E-state index contributed by atoms with van der Waals surface area (Å²) in [4.78, 5) is 23.7. The number of hydrogen-bond acceptors (Lipinski definition) is 9. The maximum absolute atomic E-state index is 12.8. The fraction of sp³-hybridized carbons (Fsp3) is 0.895. The van der Waals surface area contributed by atoms with Crippen molar-refractivity contribution in [3.05, 3.63) is 0 Å². The Labute approximate surface area is 185 Å². The summed E-state index contributed by atoms with van der Waals surface area (Å²) in [6.07, 6.45) is -4.20. The second-order valence-corrected chi connectivity index (χ2v) is 9.66. The molecule has 31 heavy (non-hydrogen) atoms. The van der Waals surface area contributed by atoms with Crippen LogP contribution in [-0.2, 0) is 14.3 Å². The Balaban J connectivity index is 2.07. The van der Waals surface area contributed by atoms with Crippen LogP contribution in [-0.4, -0.2) is 98.7 Å². The molecule has 1 amide bonds. The highest BCUT2D eigenvalue weighted by Gasteiger charge is 2.49. The van der Waals surface area contributed by atoms with E-state index in [4.69, 9.17) is 4.74 Å². The highest BCUT2D eigenvalue weighted by atomic mass is 32.2. The molecule has 2 heterocycles. The summed E-state index contributed by atoms with van der Waals surface area (Å²) < 4.78 is 5.74. The number of nitrogens with one attached hydrogen (secondary N) is 1. The van der Waals surface area contributed by atoms with E-state index in [9.17, 15) is 35.1 Å². The predicted octanol–water partition coefficient (Wildman–Crippen LogP) is -5.49. The zero-order valence-corrected chi connectivity index (χ0v) is 18.7. The van der Waals surface area contributed by atoms with Crippen LogP contribution in [0.5, 0.6) is 0 Å². The largest absolute Gasteiger partial charge is 0.544 e. The quantitative estimate of drug-likeness (QED) is 0.164. The number of thioether (sulfide) groups is 1. The lowest BCUT2D eigenvalue weighted by molar-refractivity contribution is -0.659. The van der Waals surface area contributed by atoms with Gasteiger partial charge in [0.25, 0.3) is 5.91 Å². The molecule has 180 valence electrons. The van der Waals surface area contributed by atoms with Crippen molar-refractivity contribution < 1.29 is 50.9 Å². The van der Waals surface area contributed by atoms with E-state index in [1.165, 1.54) is 6.92 Å². The van der Waals surface area contributed by atoms with Gasteiger partial charge in [0, 0.05) is 12.3 Å². The standard InChI is InChI=1S/C19H35N3O8S/c1-3-4-9-5-11(21-6-9)17(27)22-12(8(2)23)16-14(25)13(24)15(26)19(30-16)31-7-10(20)18(28)29/h8-16,19,21,23-26H,3-7,20H2,1-2H3,(H,22,27)(H,28,29)/p+1/t8-,9-,10+,11+,12-,13+,14-,15-,16-,19-/m1/s1. The highest BCUT2D eigenvalue weighted by Crippen LogP contribution is 2.31. The number of amides is 1. The third kappa shape index (κ3) is 6.75. The molecule has 0 aliphatic carbocycles.